The standard InChI is InChI=1S/C12H15N/c1-2-4-11(5-3-1)10-12-6-8-13-9-7-12/h1-5,8,12H,6-7,9-10H2. The van der Waals surface area contributed by atoms with E-state index in [4.69, 9.17) is 0 Å². The van der Waals surface area contributed by atoms with Crippen molar-refractivity contribution in [1.82, 2.24) is 0 Å². The Morgan fingerprint density at radius 1 is 1.23 bits per heavy atom. The van der Waals surface area contributed by atoms with Gasteiger partial charge in [0.1, 0.15) is 0 Å². The van der Waals surface area contributed by atoms with Crippen molar-refractivity contribution in [1.29, 1.82) is 0 Å². The summed E-state index contributed by atoms with van der Waals surface area (Å²) in [4.78, 5) is 4.24. The lowest BCUT2D eigenvalue weighted by Crippen LogP contribution is -2.11. The Labute approximate surface area is 79.5 Å². The van der Waals surface area contributed by atoms with E-state index >= 15 is 0 Å². The molecule has 68 valence electrons. The SMILES string of the molecule is C1=NCCC(Cc2ccccc2)C1. The second-order valence-electron chi connectivity index (χ2n) is 3.67. The first-order valence-corrected chi connectivity index (χ1v) is 4.97. The van der Waals surface area contributed by atoms with Gasteiger partial charge in [0.25, 0.3) is 0 Å². The van der Waals surface area contributed by atoms with Crippen LogP contribution in [-0.2, 0) is 6.42 Å². The molecule has 0 amide bonds. The molecule has 1 aliphatic heterocycles. The first-order chi connectivity index (χ1) is 6.45. The Morgan fingerprint density at radius 3 is 2.77 bits per heavy atom. The summed E-state index contributed by atoms with van der Waals surface area (Å²) in [7, 11) is 0. The van der Waals surface area contributed by atoms with Crippen molar-refractivity contribution in [2.45, 2.75) is 19.3 Å². The summed E-state index contributed by atoms with van der Waals surface area (Å²) in [5.41, 5.74) is 1.46. The number of hydrogen-bond donors (Lipinski definition) is 0. The molecule has 0 saturated carbocycles. The fourth-order valence-electron chi connectivity index (χ4n) is 1.82. The number of rotatable bonds is 2. The van der Waals surface area contributed by atoms with Crippen LogP contribution in [-0.4, -0.2) is 12.8 Å². The molecular formula is C12H15N. The van der Waals surface area contributed by atoms with Gasteiger partial charge < -0.3 is 0 Å². The first-order valence-electron chi connectivity index (χ1n) is 4.97. The molecule has 0 spiro atoms. The van der Waals surface area contributed by atoms with Gasteiger partial charge in [-0.1, -0.05) is 30.3 Å². The maximum Gasteiger partial charge on any atom is 0.0388 e. The molecule has 0 bridgehead atoms. The van der Waals surface area contributed by atoms with E-state index in [1.165, 1.54) is 18.4 Å². The molecule has 1 aromatic carbocycles. The second-order valence-corrected chi connectivity index (χ2v) is 3.67. The predicted molar refractivity (Wildman–Crippen MR) is 56.2 cm³/mol. The highest BCUT2D eigenvalue weighted by Crippen LogP contribution is 2.17. The fourth-order valence-corrected chi connectivity index (χ4v) is 1.82. The number of aliphatic imine (C=N–C) groups is 1. The highest BCUT2D eigenvalue weighted by atomic mass is 14.7. The zero-order valence-corrected chi connectivity index (χ0v) is 7.82. The van der Waals surface area contributed by atoms with Crippen molar-refractivity contribution < 1.29 is 0 Å². The summed E-state index contributed by atoms with van der Waals surface area (Å²) in [5, 5.41) is 0. The van der Waals surface area contributed by atoms with Gasteiger partial charge >= 0.3 is 0 Å². The Bertz CT molecular complexity index is 276. The van der Waals surface area contributed by atoms with Crippen LogP contribution in [0.3, 0.4) is 0 Å². The third kappa shape index (κ3) is 2.41. The molecule has 1 heteroatoms. The van der Waals surface area contributed by atoms with E-state index in [2.05, 4.69) is 41.5 Å². The van der Waals surface area contributed by atoms with Gasteiger partial charge in [0.15, 0.2) is 0 Å². The van der Waals surface area contributed by atoms with Gasteiger partial charge in [-0.3, -0.25) is 4.99 Å². The topological polar surface area (TPSA) is 12.4 Å². The van der Waals surface area contributed by atoms with Crippen LogP contribution in [0, 0.1) is 5.92 Å². The van der Waals surface area contributed by atoms with Gasteiger partial charge in [0, 0.05) is 6.54 Å². The lowest BCUT2D eigenvalue weighted by molar-refractivity contribution is 0.496. The van der Waals surface area contributed by atoms with Crippen molar-refractivity contribution in [2.75, 3.05) is 6.54 Å². The second kappa shape index (κ2) is 4.22. The molecular weight excluding hydrogens is 158 g/mol. The summed E-state index contributed by atoms with van der Waals surface area (Å²) in [5.74, 6) is 0.819. The number of hydrogen-bond acceptors (Lipinski definition) is 1. The van der Waals surface area contributed by atoms with E-state index in [-0.39, 0.29) is 0 Å². The zero-order chi connectivity index (χ0) is 8.93. The minimum atomic E-state index is 0.819. The maximum absolute atomic E-state index is 4.24. The van der Waals surface area contributed by atoms with Crippen molar-refractivity contribution in [2.24, 2.45) is 10.9 Å². The van der Waals surface area contributed by atoms with Crippen LogP contribution in [0.5, 0.6) is 0 Å². The fraction of sp³-hybridized carbons (Fsp3) is 0.417. The smallest absolute Gasteiger partial charge is 0.0388 e. The van der Waals surface area contributed by atoms with E-state index in [1.807, 2.05) is 0 Å². The summed E-state index contributed by atoms with van der Waals surface area (Å²) in [6, 6.07) is 10.7. The van der Waals surface area contributed by atoms with Crippen LogP contribution in [0.1, 0.15) is 18.4 Å². The van der Waals surface area contributed by atoms with E-state index in [0.29, 0.717) is 0 Å². The number of nitrogens with zero attached hydrogens (tertiary/aromatic N) is 1. The molecule has 1 nitrogen and oxygen atoms in total. The van der Waals surface area contributed by atoms with Crippen LogP contribution >= 0.6 is 0 Å². The lowest BCUT2D eigenvalue weighted by atomic mass is 9.92. The molecule has 0 N–H and O–H groups in total. The van der Waals surface area contributed by atoms with Crippen molar-refractivity contribution in [3.8, 4) is 0 Å². The highest BCUT2D eigenvalue weighted by molar-refractivity contribution is 5.58. The summed E-state index contributed by atoms with van der Waals surface area (Å²) in [6.45, 7) is 1.03. The first kappa shape index (κ1) is 8.49. The van der Waals surface area contributed by atoms with Crippen molar-refractivity contribution in [3.05, 3.63) is 35.9 Å². The molecule has 1 heterocycles. The van der Waals surface area contributed by atoms with E-state index in [0.717, 1.165) is 18.9 Å². The van der Waals surface area contributed by atoms with Crippen molar-refractivity contribution in [3.63, 3.8) is 0 Å². The Hall–Kier alpha value is -1.11. The van der Waals surface area contributed by atoms with Gasteiger partial charge in [-0.25, -0.2) is 0 Å². The molecule has 1 unspecified atom stereocenters. The van der Waals surface area contributed by atoms with E-state index in [1.54, 1.807) is 0 Å². The Morgan fingerprint density at radius 2 is 2.08 bits per heavy atom. The Balaban J connectivity index is 1.94. The van der Waals surface area contributed by atoms with Crippen molar-refractivity contribution >= 4 is 6.21 Å². The highest BCUT2D eigenvalue weighted by Gasteiger charge is 2.10. The molecule has 1 atom stereocenters. The predicted octanol–water partition coefficient (Wildman–Crippen LogP) is 2.71. The molecule has 0 saturated heterocycles. The van der Waals surface area contributed by atoms with Gasteiger partial charge in [-0.2, -0.15) is 0 Å². The van der Waals surface area contributed by atoms with Crippen LogP contribution in [0.2, 0.25) is 0 Å². The quantitative estimate of drug-likeness (QED) is 0.652. The molecule has 0 fully saturated rings. The minimum Gasteiger partial charge on any atom is -0.298 e. The third-order valence-corrected chi connectivity index (χ3v) is 2.60. The summed E-state index contributed by atoms with van der Waals surface area (Å²) < 4.78 is 0. The average molecular weight is 173 g/mol. The van der Waals surface area contributed by atoms with Gasteiger partial charge in [0.2, 0.25) is 0 Å². The van der Waals surface area contributed by atoms with Gasteiger partial charge in [-0.15, -0.1) is 0 Å². The van der Waals surface area contributed by atoms with Gasteiger partial charge in [-0.05, 0) is 37.0 Å². The van der Waals surface area contributed by atoms with E-state index < -0.39 is 0 Å². The monoisotopic (exact) mass is 173 g/mol. The largest absolute Gasteiger partial charge is 0.298 e. The Kier molecular flexibility index (Phi) is 2.75. The average Bonchev–Trinajstić information content (AvgIpc) is 2.21. The molecule has 0 aliphatic carbocycles. The normalized spacial score (nSPS) is 21.7. The summed E-state index contributed by atoms with van der Waals surface area (Å²) in [6.07, 6.45) is 5.71. The molecule has 0 radical (unpaired) electrons. The van der Waals surface area contributed by atoms with Crippen LogP contribution in [0.15, 0.2) is 35.3 Å². The molecule has 13 heavy (non-hydrogen) atoms. The lowest BCUT2D eigenvalue weighted by Gasteiger charge is -2.16. The van der Waals surface area contributed by atoms with Crippen LogP contribution in [0.4, 0.5) is 0 Å². The molecule has 1 aromatic rings. The minimum absolute atomic E-state index is 0.819. The zero-order valence-electron chi connectivity index (χ0n) is 7.82. The van der Waals surface area contributed by atoms with Gasteiger partial charge in [0.05, 0.1) is 0 Å². The maximum atomic E-state index is 4.24. The molecule has 0 aromatic heterocycles. The van der Waals surface area contributed by atoms with Crippen LogP contribution in [0.25, 0.3) is 0 Å². The number of benzene rings is 1. The molecule has 2 rings (SSSR count). The summed E-state index contributed by atoms with van der Waals surface area (Å²) >= 11 is 0. The molecule has 1 aliphatic rings. The third-order valence-electron chi connectivity index (χ3n) is 2.60. The van der Waals surface area contributed by atoms with Crippen LogP contribution < -0.4 is 0 Å². The van der Waals surface area contributed by atoms with E-state index in [9.17, 15) is 0 Å².